The van der Waals surface area contributed by atoms with Crippen LogP contribution in [-0.4, -0.2) is 23.6 Å². The number of anilines is 1. The summed E-state index contributed by atoms with van der Waals surface area (Å²) >= 11 is 5.45. The Morgan fingerprint density at radius 3 is 2.43 bits per heavy atom. The second-order valence-electron chi connectivity index (χ2n) is 4.81. The quantitative estimate of drug-likeness (QED) is 0.757. The number of halogens is 4. The predicted octanol–water partition coefficient (Wildman–Crippen LogP) is 4.51. The van der Waals surface area contributed by atoms with Gasteiger partial charge in [-0.05, 0) is 30.3 Å². The fraction of sp³-hybridized carbons (Fsp3) is 0.250. The molecular formula is C16H15ClF3NO2. The van der Waals surface area contributed by atoms with Crippen LogP contribution in [-0.2, 0) is 6.18 Å². The molecule has 7 heteroatoms. The molecule has 0 aliphatic heterocycles. The van der Waals surface area contributed by atoms with E-state index < -0.39 is 17.8 Å². The molecule has 0 aliphatic rings. The Balaban J connectivity index is 2.25. The fourth-order valence-corrected chi connectivity index (χ4v) is 1.97. The van der Waals surface area contributed by atoms with Crippen LogP contribution in [0.15, 0.2) is 48.5 Å². The summed E-state index contributed by atoms with van der Waals surface area (Å²) in [6, 6.07) is 11.9. The molecule has 0 saturated heterocycles. The predicted molar refractivity (Wildman–Crippen MR) is 83.2 cm³/mol. The number of benzene rings is 2. The molecule has 1 atom stereocenters. The van der Waals surface area contributed by atoms with Crippen LogP contribution in [0.25, 0.3) is 0 Å². The lowest BCUT2D eigenvalue weighted by molar-refractivity contribution is -0.138. The summed E-state index contributed by atoms with van der Waals surface area (Å²) in [5, 5.41) is 12.1. The van der Waals surface area contributed by atoms with Crippen molar-refractivity contribution in [2.24, 2.45) is 0 Å². The third-order valence-corrected chi connectivity index (χ3v) is 3.33. The Kier molecular flexibility index (Phi) is 5.74. The second kappa shape index (κ2) is 7.57. The van der Waals surface area contributed by atoms with Gasteiger partial charge < -0.3 is 15.2 Å². The van der Waals surface area contributed by atoms with Crippen molar-refractivity contribution in [2.45, 2.75) is 12.3 Å². The standard InChI is InChI=1S/C16H15ClF3NO2/c17-9-12(22)10-21-11-6-7-15(14(8-11)16(18,19)20)23-13-4-2-1-3-5-13/h1-8,12,21-22H,9-10H2. The smallest absolute Gasteiger partial charge is 0.420 e. The second-order valence-corrected chi connectivity index (χ2v) is 5.12. The molecule has 0 fully saturated rings. The number of hydrogen-bond acceptors (Lipinski definition) is 3. The van der Waals surface area contributed by atoms with Crippen molar-refractivity contribution in [2.75, 3.05) is 17.7 Å². The van der Waals surface area contributed by atoms with Gasteiger partial charge in [0.15, 0.2) is 0 Å². The number of para-hydroxylation sites is 1. The monoisotopic (exact) mass is 345 g/mol. The molecule has 2 aromatic carbocycles. The molecule has 0 aromatic heterocycles. The topological polar surface area (TPSA) is 41.5 Å². The Hall–Kier alpha value is -1.92. The average Bonchev–Trinajstić information content (AvgIpc) is 2.53. The largest absolute Gasteiger partial charge is 0.457 e. The first-order valence-electron chi connectivity index (χ1n) is 6.82. The number of aliphatic hydroxyl groups excluding tert-OH is 1. The minimum absolute atomic E-state index is 0.00563. The molecule has 3 nitrogen and oxygen atoms in total. The molecule has 0 bridgehead atoms. The third kappa shape index (κ3) is 5.04. The maximum Gasteiger partial charge on any atom is 0.420 e. The van der Waals surface area contributed by atoms with Gasteiger partial charge in [-0.1, -0.05) is 18.2 Å². The molecule has 23 heavy (non-hydrogen) atoms. The van der Waals surface area contributed by atoms with E-state index >= 15 is 0 Å². The van der Waals surface area contributed by atoms with E-state index in [9.17, 15) is 18.3 Å². The van der Waals surface area contributed by atoms with Gasteiger partial charge in [0.05, 0.1) is 12.0 Å². The van der Waals surface area contributed by atoms with Crippen LogP contribution < -0.4 is 10.1 Å². The van der Waals surface area contributed by atoms with Gasteiger partial charge in [0.25, 0.3) is 0 Å². The fourth-order valence-electron chi connectivity index (χ4n) is 1.86. The molecule has 2 aromatic rings. The van der Waals surface area contributed by atoms with E-state index in [2.05, 4.69) is 5.32 Å². The number of nitrogens with one attached hydrogen (secondary N) is 1. The molecule has 0 amide bonds. The third-order valence-electron chi connectivity index (χ3n) is 2.98. The van der Waals surface area contributed by atoms with Crippen molar-refractivity contribution in [3.05, 3.63) is 54.1 Å². The van der Waals surface area contributed by atoms with E-state index in [4.69, 9.17) is 16.3 Å². The molecule has 2 N–H and O–H groups in total. The number of alkyl halides is 4. The molecule has 124 valence electrons. The van der Waals surface area contributed by atoms with E-state index in [0.717, 1.165) is 6.07 Å². The molecule has 0 heterocycles. The van der Waals surface area contributed by atoms with Crippen LogP contribution in [0.5, 0.6) is 11.5 Å². The summed E-state index contributed by atoms with van der Waals surface area (Å²) in [6.07, 6.45) is -5.40. The molecular weight excluding hydrogens is 331 g/mol. The van der Waals surface area contributed by atoms with E-state index in [1.54, 1.807) is 30.3 Å². The number of rotatable bonds is 6. The zero-order valence-corrected chi connectivity index (χ0v) is 12.7. The molecule has 2 rings (SSSR count). The Labute approximate surface area is 136 Å². The Morgan fingerprint density at radius 2 is 1.83 bits per heavy atom. The molecule has 0 aliphatic carbocycles. The van der Waals surface area contributed by atoms with Crippen molar-refractivity contribution in [3.8, 4) is 11.5 Å². The van der Waals surface area contributed by atoms with Crippen molar-refractivity contribution in [1.29, 1.82) is 0 Å². The number of ether oxygens (including phenoxy) is 1. The minimum atomic E-state index is -4.56. The van der Waals surface area contributed by atoms with Crippen LogP contribution in [0.1, 0.15) is 5.56 Å². The molecule has 1 unspecified atom stereocenters. The Bertz CT molecular complexity index is 635. The SMILES string of the molecule is OC(CCl)CNc1ccc(Oc2ccccc2)c(C(F)(F)F)c1. The van der Waals surface area contributed by atoms with Gasteiger partial charge in [-0.3, -0.25) is 0 Å². The van der Waals surface area contributed by atoms with Crippen LogP contribution in [0.3, 0.4) is 0 Å². The highest BCUT2D eigenvalue weighted by molar-refractivity contribution is 6.18. The summed E-state index contributed by atoms with van der Waals surface area (Å²) in [5.74, 6) is 0.0253. The zero-order chi connectivity index (χ0) is 16.9. The first-order valence-corrected chi connectivity index (χ1v) is 7.35. The highest BCUT2D eigenvalue weighted by Crippen LogP contribution is 2.39. The van der Waals surface area contributed by atoms with Crippen LogP contribution >= 0.6 is 11.6 Å². The van der Waals surface area contributed by atoms with E-state index in [1.165, 1.54) is 12.1 Å². The number of aliphatic hydroxyl groups is 1. The normalized spacial score (nSPS) is 12.7. The van der Waals surface area contributed by atoms with Crippen LogP contribution in [0.4, 0.5) is 18.9 Å². The van der Waals surface area contributed by atoms with Crippen molar-refractivity contribution in [1.82, 2.24) is 0 Å². The first-order chi connectivity index (χ1) is 10.9. The summed E-state index contributed by atoms with van der Waals surface area (Å²) in [7, 11) is 0. The van der Waals surface area contributed by atoms with E-state index in [0.29, 0.717) is 5.75 Å². The molecule has 0 radical (unpaired) electrons. The first kappa shape index (κ1) is 17.4. The lowest BCUT2D eigenvalue weighted by Crippen LogP contribution is -2.21. The minimum Gasteiger partial charge on any atom is -0.457 e. The van der Waals surface area contributed by atoms with Crippen LogP contribution in [0.2, 0.25) is 0 Å². The lowest BCUT2D eigenvalue weighted by Gasteiger charge is -2.16. The molecule has 0 spiro atoms. The van der Waals surface area contributed by atoms with Gasteiger partial charge in [0.1, 0.15) is 17.1 Å². The number of hydrogen-bond donors (Lipinski definition) is 2. The Morgan fingerprint density at radius 1 is 1.13 bits per heavy atom. The maximum absolute atomic E-state index is 13.2. The van der Waals surface area contributed by atoms with Gasteiger partial charge in [0, 0.05) is 12.2 Å². The summed E-state index contributed by atoms with van der Waals surface area (Å²) in [4.78, 5) is 0. The van der Waals surface area contributed by atoms with Gasteiger partial charge in [-0.2, -0.15) is 13.2 Å². The summed E-state index contributed by atoms with van der Waals surface area (Å²) in [5.41, 5.74) is -0.673. The lowest BCUT2D eigenvalue weighted by atomic mass is 10.1. The van der Waals surface area contributed by atoms with E-state index in [1.807, 2.05) is 0 Å². The summed E-state index contributed by atoms with van der Waals surface area (Å²) in [6.45, 7) is 0.0552. The van der Waals surface area contributed by atoms with Crippen LogP contribution in [0, 0.1) is 0 Å². The van der Waals surface area contributed by atoms with Gasteiger partial charge >= 0.3 is 6.18 Å². The average molecular weight is 346 g/mol. The van der Waals surface area contributed by atoms with Gasteiger partial charge in [-0.15, -0.1) is 11.6 Å². The summed E-state index contributed by atoms with van der Waals surface area (Å²) < 4.78 is 45.0. The van der Waals surface area contributed by atoms with Crippen molar-refractivity contribution in [3.63, 3.8) is 0 Å². The highest BCUT2D eigenvalue weighted by atomic mass is 35.5. The van der Waals surface area contributed by atoms with E-state index in [-0.39, 0.29) is 23.9 Å². The maximum atomic E-state index is 13.2. The molecule has 0 saturated carbocycles. The van der Waals surface area contributed by atoms with Crippen molar-refractivity contribution < 1.29 is 23.0 Å². The van der Waals surface area contributed by atoms with Crippen molar-refractivity contribution >= 4 is 17.3 Å². The highest BCUT2D eigenvalue weighted by Gasteiger charge is 2.35. The van der Waals surface area contributed by atoms with Gasteiger partial charge in [0.2, 0.25) is 0 Å². The zero-order valence-electron chi connectivity index (χ0n) is 12.0. The van der Waals surface area contributed by atoms with Gasteiger partial charge in [-0.25, -0.2) is 0 Å².